The van der Waals surface area contributed by atoms with Crippen LogP contribution in [-0.2, 0) is 0 Å². The Kier molecular flexibility index (Phi) is 3.29. The van der Waals surface area contributed by atoms with Gasteiger partial charge in [-0.2, -0.15) is 0 Å². The second-order valence-electron chi connectivity index (χ2n) is 4.63. The van der Waals surface area contributed by atoms with Crippen molar-refractivity contribution in [3.63, 3.8) is 0 Å². The van der Waals surface area contributed by atoms with E-state index in [0.29, 0.717) is 0 Å². The number of fused-ring (bicyclic) bond motifs is 2. The zero-order valence-corrected chi connectivity index (χ0v) is 12.7. The molecule has 0 saturated heterocycles. The molecule has 0 N–H and O–H groups in total. The molecule has 0 saturated carbocycles. The molecule has 21 heavy (non-hydrogen) atoms. The van der Waals surface area contributed by atoms with Crippen LogP contribution in [0.5, 0.6) is 10.1 Å². The first-order chi connectivity index (χ1) is 10.4. The van der Waals surface area contributed by atoms with Crippen LogP contribution in [0.4, 0.5) is 0 Å². The molecule has 0 spiro atoms. The zero-order valence-electron chi connectivity index (χ0n) is 11.1. The highest BCUT2D eigenvalue weighted by molar-refractivity contribution is 7.14. The van der Waals surface area contributed by atoms with Gasteiger partial charge in [0.2, 0.25) is 0 Å². The summed E-state index contributed by atoms with van der Waals surface area (Å²) in [7, 11) is 0.231. The lowest BCUT2D eigenvalue weighted by Crippen LogP contribution is -2.09. The van der Waals surface area contributed by atoms with Gasteiger partial charge >= 0.3 is 7.69 Å². The largest absolute Gasteiger partial charge is 0.577 e. The topological polar surface area (TPSA) is 18.5 Å². The van der Waals surface area contributed by atoms with E-state index in [1.165, 1.54) is 10.8 Å². The van der Waals surface area contributed by atoms with E-state index in [-0.39, 0.29) is 7.69 Å². The summed E-state index contributed by atoms with van der Waals surface area (Å²) in [5.41, 5.74) is 0. The number of benzene rings is 2. The van der Waals surface area contributed by atoms with Crippen LogP contribution in [0.1, 0.15) is 0 Å². The van der Waals surface area contributed by atoms with Gasteiger partial charge in [-0.05, 0) is 22.9 Å². The van der Waals surface area contributed by atoms with Crippen molar-refractivity contribution in [3.8, 4) is 10.1 Å². The normalized spacial score (nSPS) is 10.9. The van der Waals surface area contributed by atoms with Gasteiger partial charge in [-0.25, -0.2) is 0 Å². The minimum Gasteiger partial charge on any atom is -0.520 e. The summed E-state index contributed by atoms with van der Waals surface area (Å²) in [6, 6.07) is 16.4. The second kappa shape index (κ2) is 5.43. The highest BCUT2D eigenvalue weighted by atomic mass is 32.1. The molecule has 2 nitrogen and oxygen atoms in total. The Hall–Kier alpha value is -1.98. The first-order valence-corrected chi connectivity index (χ1v) is 8.36. The van der Waals surface area contributed by atoms with Crippen molar-refractivity contribution >= 4 is 51.9 Å². The molecule has 5 heteroatoms. The summed E-state index contributed by atoms with van der Waals surface area (Å²) in [6.45, 7) is 0. The number of hydrogen-bond acceptors (Lipinski definition) is 4. The molecule has 2 aromatic heterocycles. The lowest BCUT2D eigenvalue weighted by molar-refractivity contribution is 0.478. The molecule has 0 atom stereocenters. The molecule has 0 radical (unpaired) electrons. The lowest BCUT2D eigenvalue weighted by atomic mass is 10.2. The molecule has 102 valence electrons. The minimum atomic E-state index is 0.231. The summed E-state index contributed by atoms with van der Waals surface area (Å²) in [5.74, 6) is 0. The highest BCUT2D eigenvalue weighted by Gasteiger charge is 2.09. The lowest BCUT2D eigenvalue weighted by Gasteiger charge is -2.05. The van der Waals surface area contributed by atoms with Crippen LogP contribution in [0, 0.1) is 0 Å². The predicted molar refractivity (Wildman–Crippen MR) is 92.1 cm³/mol. The second-order valence-corrected chi connectivity index (χ2v) is 6.31. The third-order valence-electron chi connectivity index (χ3n) is 3.33. The van der Waals surface area contributed by atoms with Crippen molar-refractivity contribution in [1.29, 1.82) is 0 Å². The van der Waals surface area contributed by atoms with Crippen LogP contribution >= 0.6 is 22.7 Å². The zero-order chi connectivity index (χ0) is 14.1. The minimum absolute atomic E-state index is 0.231. The van der Waals surface area contributed by atoms with Crippen molar-refractivity contribution in [2.75, 3.05) is 0 Å². The van der Waals surface area contributed by atoms with Crippen molar-refractivity contribution in [2.24, 2.45) is 0 Å². The molecule has 0 aliphatic rings. The molecular weight excluding hydrogens is 299 g/mol. The van der Waals surface area contributed by atoms with Gasteiger partial charge in [0.1, 0.15) is 0 Å². The fourth-order valence-corrected chi connectivity index (χ4v) is 4.03. The average molecular weight is 310 g/mol. The van der Waals surface area contributed by atoms with Crippen LogP contribution in [0.3, 0.4) is 0 Å². The smallest absolute Gasteiger partial charge is 0.520 e. The predicted octanol–water partition coefficient (Wildman–Crippen LogP) is 4.84. The Morgan fingerprint density at radius 3 is 1.67 bits per heavy atom. The molecule has 2 aromatic carbocycles. The highest BCUT2D eigenvalue weighted by Crippen LogP contribution is 2.34. The Balaban J connectivity index is 1.50. The van der Waals surface area contributed by atoms with E-state index in [4.69, 9.17) is 9.31 Å². The van der Waals surface area contributed by atoms with Gasteiger partial charge in [-0.1, -0.05) is 36.4 Å². The van der Waals surface area contributed by atoms with E-state index < -0.39 is 0 Å². The van der Waals surface area contributed by atoms with Gasteiger partial charge in [0, 0.05) is 21.5 Å². The molecule has 2 heterocycles. The Labute approximate surface area is 130 Å². The Morgan fingerprint density at radius 2 is 1.14 bits per heavy atom. The third kappa shape index (κ3) is 2.39. The van der Waals surface area contributed by atoms with Crippen LogP contribution in [0.2, 0.25) is 0 Å². The molecule has 0 aliphatic carbocycles. The molecule has 4 aromatic rings. The van der Waals surface area contributed by atoms with Crippen molar-refractivity contribution in [2.45, 2.75) is 0 Å². The van der Waals surface area contributed by atoms with Gasteiger partial charge in [0.15, 0.2) is 10.1 Å². The number of rotatable bonds is 4. The van der Waals surface area contributed by atoms with E-state index in [2.05, 4.69) is 35.0 Å². The first-order valence-electron chi connectivity index (χ1n) is 6.60. The van der Waals surface area contributed by atoms with E-state index in [1.807, 2.05) is 24.3 Å². The molecule has 0 fully saturated rings. The monoisotopic (exact) mass is 310 g/mol. The summed E-state index contributed by atoms with van der Waals surface area (Å²) in [6.07, 6.45) is 0. The van der Waals surface area contributed by atoms with Crippen LogP contribution in [0.15, 0.2) is 59.3 Å². The van der Waals surface area contributed by atoms with Crippen molar-refractivity contribution in [1.82, 2.24) is 0 Å². The summed E-state index contributed by atoms with van der Waals surface area (Å²) < 4.78 is 11.6. The van der Waals surface area contributed by atoms with Gasteiger partial charge in [-0.15, -0.1) is 22.7 Å². The summed E-state index contributed by atoms with van der Waals surface area (Å²) in [4.78, 5) is 0. The molecule has 0 amide bonds. The molecule has 0 aliphatic heterocycles. The van der Waals surface area contributed by atoms with Crippen LogP contribution in [-0.4, -0.2) is 7.69 Å². The number of thiophene rings is 2. The SMILES string of the molecule is B(Oc1scc2ccccc12)Oc1scc2ccccc12. The maximum Gasteiger partial charge on any atom is 0.577 e. The molecular formula is C16H11BO2S2. The van der Waals surface area contributed by atoms with Crippen LogP contribution < -0.4 is 9.31 Å². The first kappa shape index (κ1) is 12.7. The van der Waals surface area contributed by atoms with E-state index in [0.717, 1.165) is 20.9 Å². The molecule has 4 rings (SSSR count). The standard InChI is InChI=1S/C16H11BO2S2/c1-3-7-13-11(5-1)9-20-15(13)18-17-19-16-14-8-4-2-6-12(14)10-21-16/h1-10,17H. The fourth-order valence-electron chi connectivity index (χ4n) is 2.29. The molecule has 0 unspecified atom stereocenters. The van der Waals surface area contributed by atoms with Crippen LogP contribution in [0.25, 0.3) is 21.5 Å². The van der Waals surface area contributed by atoms with Crippen molar-refractivity contribution < 1.29 is 9.31 Å². The Bertz CT molecular complexity index is 823. The molecule has 0 bridgehead atoms. The fraction of sp³-hybridized carbons (Fsp3) is 0. The summed E-state index contributed by atoms with van der Waals surface area (Å²) >= 11 is 3.21. The summed E-state index contributed by atoms with van der Waals surface area (Å²) in [5, 5.41) is 10.7. The Morgan fingerprint density at radius 1 is 0.667 bits per heavy atom. The van der Waals surface area contributed by atoms with Gasteiger partial charge in [0.25, 0.3) is 0 Å². The van der Waals surface area contributed by atoms with Gasteiger partial charge in [-0.3, -0.25) is 0 Å². The van der Waals surface area contributed by atoms with Gasteiger partial charge < -0.3 is 9.31 Å². The maximum atomic E-state index is 5.78. The average Bonchev–Trinajstić information content (AvgIpc) is 3.13. The van der Waals surface area contributed by atoms with Crippen molar-refractivity contribution in [3.05, 3.63) is 59.3 Å². The maximum absolute atomic E-state index is 5.78. The van der Waals surface area contributed by atoms with Gasteiger partial charge in [0.05, 0.1) is 0 Å². The van der Waals surface area contributed by atoms with E-state index in [1.54, 1.807) is 22.7 Å². The van der Waals surface area contributed by atoms with E-state index in [9.17, 15) is 0 Å². The van der Waals surface area contributed by atoms with E-state index >= 15 is 0 Å². The quantitative estimate of drug-likeness (QED) is 0.502. The number of hydrogen-bond donors (Lipinski definition) is 0. The third-order valence-corrected chi connectivity index (χ3v) is 5.17.